The zero-order chi connectivity index (χ0) is 16.1. The molecule has 3 rings (SSSR count). The number of hydrogen-bond donors (Lipinski definition) is 2. The fourth-order valence-electron chi connectivity index (χ4n) is 3.25. The summed E-state index contributed by atoms with van der Waals surface area (Å²) in [6, 6.07) is 8.11. The van der Waals surface area contributed by atoms with Gasteiger partial charge in [0.15, 0.2) is 0 Å². The third kappa shape index (κ3) is 4.07. The number of anilines is 1. The quantitative estimate of drug-likeness (QED) is 0.802. The lowest BCUT2D eigenvalue weighted by molar-refractivity contribution is 0.0648. The summed E-state index contributed by atoms with van der Waals surface area (Å²) in [6.45, 7) is 2.87. The van der Waals surface area contributed by atoms with Gasteiger partial charge in [-0.3, -0.25) is 0 Å². The topological polar surface area (TPSA) is 75.9 Å². The van der Waals surface area contributed by atoms with Crippen LogP contribution in [0.15, 0.2) is 24.3 Å². The maximum absolute atomic E-state index is 10.0. The second-order valence-electron chi connectivity index (χ2n) is 6.43. The Hall–Kier alpha value is -1.95. The first-order valence-electron chi connectivity index (χ1n) is 8.51. The number of benzene rings is 1. The van der Waals surface area contributed by atoms with Gasteiger partial charge in [-0.2, -0.15) is 4.68 Å². The highest BCUT2D eigenvalue weighted by molar-refractivity contribution is 5.39. The molecule has 2 atom stereocenters. The van der Waals surface area contributed by atoms with Gasteiger partial charge in [0.05, 0.1) is 11.8 Å². The van der Waals surface area contributed by atoms with Crippen molar-refractivity contribution >= 4 is 5.95 Å². The van der Waals surface area contributed by atoms with Crippen molar-refractivity contribution in [1.29, 1.82) is 0 Å². The summed E-state index contributed by atoms with van der Waals surface area (Å²) in [4.78, 5) is 0. The number of aromatic nitrogens is 4. The third-order valence-corrected chi connectivity index (χ3v) is 4.65. The van der Waals surface area contributed by atoms with E-state index in [9.17, 15) is 5.11 Å². The SMILES string of the molecule is Cc1ccc(-n2nnnc2NCCCC2CCCCC2O)cc1. The number of hydrogen-bond acceptors (Lipinski definition) is 5. The van der Waals surface area contributed by atoms with Gasteiger partial charge in [-0.1, -0.05) is 35.6 Å². The molecule has 2 unspecified atom stereocenters. The number of nitrogens with one attached hydrogen (secondary N) is 1. The molecule has 23 heavy (non-hydrogen) atoms. The summed E-state index contributed by atoms with van der Waals surface area (Å²) < 4.78 is 1.72. The smallest absolute Gasteiger partial charge is 0.247 e. The highest BCUT2D eigenvalue weighted by Gasteiger charge is 2.22. The van der Waals surface area contributed by atoms with E-state index in [1.165, 1.54) is 18.4 Å². The normalized spacial score (nSPS) is 21.3. The standard InChI is InChI=1S/C17H25N5O/c1-13-8-10-15(11-9-13)22-17(19-20-21-22)18-12-4-6-14-5-2-3-7-16(14)23/h8-11,14,16,23H,2-7,12H2,1H3,(H,18,19,21). The van der Waals surface area contributed by atoms with E-state index in [2.05, 4.69) is 27.8 Å². The van der Waals surface area contributed by atoms with Crippen LogP contribution in [0.4, 0.5) is 5.95 Å². The van der Waals surface area contributed by atoms with E-state index in [1.807, 2.05) is 24.3 Å². The molecule has 1 saturated carbocycles. The maximum Gasteiger partial charge on any atom is 0.247 e. The minimum Gasteiger partial charge on any atom is -0.393 e. The van der Waals surface area contributed by atoms with E-state index < -0.39 is 0 Å². The molecule has 0 spiro atoms. The molecule has 0 aliphatic heterocycles. The van der Waals surface area contributed by atoms with Crippen LogP contribution in [-0.4, -0.2) is 38.0 Å². The molecule has 1 aliphatic carbocycles. The zero-order valence-corrected chi connectivity index (χ0v) is 13.6. The van der Waals surface area contributed by atoms with Gasteiger partial charge < -0.3 is 10.4 Å². The van der Waals surface area contributed by atoms with Gasteiger partial charge in [-0.05, 0) is 61.1 Å². The molecule has 1 aromatic carbocycles. The van der Waals surface area contributed by atoms with E-state index >= 15 is 0 Å². The first-order valence-corrected chi connectivity index (χ1v) is 8.51. The second kappa shape index (κ2) is 7.55. The number of tetrazole rings is 1. The fraction of sp³-hybridized carbons (Fsp3) is 0.588. The average Bonchev–Trinajstić information content (AvgIpc) is 3.02. The van der Waals surface area contributed by atoms with Crippen molar-refractivity contribution < 1.29 is 5.11 Å². The number of aliphatic hydroxyl groups excluding tert-OH is 1. The first kappa shape index (κ1) is 15.9. The van der Waals surface area contributed by atoms with E-state index in [4.69, 9.17) is 0 Å². The molecule has 0 radical (unpaired) electrons. The summed E-state index contributed by atoms with van der Waals surface area (Å²) in [5.74, 6) is 1.12. The third-order valence-electron chi connectivity index (χ3n) is 4.65. The van der Waals surface area contributed by atoms with Crippen molar-refractivity contribution in [1.82, 2.24) is 20.2 Å². The van der Waals surface area contributed by atoms with Gasteiger partial charge >= 0.3 is 0 Å². The molecule has 1 aromatic heterocycles. The lowest BCUT2D eigenvalue weighted by Crippen LogP contribution is -2.25. The van der Waals surface area contributed by atoms with Gasteiger partial charge in [0.25, 0.3) is 0 Å². The Morgan fingerprint density at radius 3 is 2.78 bits per heavy atom. The van der Waals surface area contributed by atoms with Crippen molar-refractivity contribution in [2.45, 2.75) is 51.6 Å². The number of nitrogens with zero attached hydrogens (tertiary/aromatic N) is 4. The minimum absolute atomic E-state index is 0.110. The van der Waals surface area contributed by atoms with Gasteiger partial charge in [-0.15, -0.1) is 0 Å². The lowest BCUT2D eigenvalue weighted by atomic mass is 9.83. The molecule has 0 bridgehead atoms. The number of aryl methyl sites for hydroxylation is 1. The van der Waals surface area contributed by atoms with Crippen LogP contribution >= 0.6 is 0 Å². The van der Waals surface area contributed by atoms with E-state index in [-0.39, 0.29) is 6.10 Å². The van der Waals surface area contributed by atoms with Crippen LogP contribution in [0, 0.1) is 12.8 Å². The largest absolute Gasteiger partial charge is 0.393 e. The second-order valence-corrected chi connectivity index (χ2v) is 6.43. The average molecular weight is 315 g/mol. The van der Waals surface area contributed by atoms with Crippen LogP contribution in [-0.2, 0) is 0 Å². The molecule has 6 nitrogen and oxygen atoms in total. The summed E-state index contributed by atoms with van der Waals surface area (Å²) in [5, 5.41) is 25.2. The van der Waals surface area contributed by atoms with Crippen LogP contribution in [0.5, 0.6) is 0 Å². The molecule has 2 N–H and O–H groups in total. The van der Waals surface area contributed by atoms with Crippen LogP contribution in [0.3, 0.4) is 0 Å². The fourth-order valence-corrected chi connectivity index (χ4v) is 3.25. The van der Waals surface area contributed by atoms with Crippen molar-refractivity contribution in [3.05, 3.63) is 29.8 Å². The summed E-state index contributed by atoms with van der Waals surface area (Å²) >= 11 is 0. The highest BCUT2D eigenvalue weighted by Crippen LogP contribution is 2.27. The zero-order valence-electron chi connectivity index (χ0n) is 13.6. The van der Waals surface area contributed by atoms with Crippen molar-refractivity contribution in [2.24, 2.45) is 5.92 Å². The molecule has 0 saturated heterocycles. The molecule has 6 heteroatoms. The summed E-state index contributed by atoms with van der Waals surface area (Å²) in [6.07, 6.45) is 6.50. The molecule has 1 heterocycles. The summed E-state index contributed by atoms with van der Waals surface area (Å²) in [5.41, 5.74) is 2.16. The van der Waals surface area contributed by atoms with E-state index in [0.29, 0.717) is 11.9 Å². The van der Waals surface area contributed by atoms with Crippen LogP contribution < -0.4 is 5.32 Å². The van der Waals surface area contributed by atoms with Crippen LogP contribution in [0.1, 0.15) is 44.1 Å². The van der Waals surface area contributed by atoms with Gasteiger partial charge in [-0.25, -0.2) is 0 Å². The molecule has 0 amide bonds. The van der Waals surface area contributed by atoms with Crippen molar-refractivity contribution in [2.75, 3.05) is 11.9 Å². The lowest BCUT2D eigenvalue weighted by Gasteiger charge is -2.27. The summed E-state index contributed by atoms with van der Waals surface area (Å²) in [7, 11) is 0. The van der Waals surface area contributed by atoms with E-state index in [0.717, 1.165) is 37.9 Å². The Balaban J connectivity index is 1.51. The van der Waals surface area contributed by atoms with E-state index in [1.54, 1.807) is 4.68 Å². The van der Waals surface area contributed by atoms with Crippen LogP contribution in [0.25, 0.3) is 5.69 Å². The minimum atomic E-state index is -0.110. The maximum atomic E-state index is 10.0. The predicted molar refractivity (Wildman–Crippen MR) is 89.6 cm³/mol. The Kier molecular flexibility index (Phi) is 5.23. The van der Waals surface area contributed by atoms with Crippen LogP contribution in [0.2, 0.25) is 0 Å². The molecule has 1 fully saturated rings. The first-order chi connectivity index (χ1) is 11.2. The Bertz CT molecular complexity index is 610. The van der Waals surface area contributed by atoms with Gasteiger partial charge in [0.2, 0.25) is 5.95 Å². The Labute approximate surface area is 136 Å². The molecule has 124 valence electrons. The monoisotopic (exact) mass is 315 g/mol. The molecular weight excluding hydrogens is 290 g/mol. The van der Waals surface area contributed by atoms with Crippen molar-refractivity contribution in [3.63, 3.8) is 0 Å². The number of aliphatic hydroxyl groups is 1. The molecule has 2 aromatic rings. The van der Waals surface area contributed by atoms with Gasteiger partial charge in [0, 0.05) is 6.54 Å². The number of rotatable bonds is 6. The Morgan fingerprint density at radius 2 is 2.00 bits per heavy atom. The highest BCUT2D eigenvalue weighted by atomic mass is 16.3. The van der Waals surface area contributed by atoms with Gasteiger partial charge in [0.1, 0.15) is 0 Å². The molecular formula is C17H25N5O. The Morgan fingerprint density at radius 1 is 1.22 bits per heavy atom. The van der Waals surface area contributed by atoms with Crippen molar-refractivity contribution in [3.8, 4) is 5.69 Å². The molecule has 1 aliphatic rings. The predicted octanol–water partition coefficient (Wildman–Crippen LogP) is 2.71.